The van der Waals surface area contributed by atoms with Crippen molar-refractivity contribution in [1.29, 1.82) is 0 Å². The van der Waals surface area contributed by atoms with Crippen molar-refractivity contribution in [3.63, 3.8) is 0 Å². The van der Waals surface area contributed by atoms with Crippen LogP contribution in [0.5, 0.6) is 0 Å². The highest BCUT2D eigenvalue weighted by Crippen LogP contribution is 2.53. The maximum absolute atomic E-state index is 10.6. The fourth-order valence-electron chi connectivity index (χ4n) is 1.47. The van der Waals surface area contributed by atoms with Gasteiger partial charge in [-0.25, -0.2) is 0 Å². The van der Waals surface area contributed by atoms with E-state index in [2.05, 4.69) is 6.92 Å². The van der Waals surface area contributed by atoms with Crippen LogP contribution in [-0.2, 0) is 4.79 Å². The molecule has 1 saturated carbocycles. The summed E-state index contributed by atoms with van der Waals surface area (Å²) in [6.45, 7) is 6.03. The Morgan fingerprint density at radius 1 is 1.45 bits per heavy atom. The number of rotatable bonds is 3. The van der Waals surface area contributed by atoms with Crippen molar-refractivity contribution in [2.24, 2.45) is 17.3 Å². The first-order chi connectivity index (χ1) is 4.97. The average molecular weight is 156 g/mol. The molecule has 0 spiro atoms. The molecule has 0 bridgehead atoms. The topological polar surface area (TPSA) is 37.3 Å². The Balaban J connectivity index is 2.53. The number of hydrogen-bond donors (Lipinski definition) is 1. The highest BCUT2D eigenvalue weighted by molar-refractivity contribution is 5.70. The number of hydrogen-bond acceptors (Lipinski definition) is 1. The van der Waals surface area contributed by atoms with Crippen molar-refractivity contribution in [1.82, 2.24) is 0 Å². The second-order valence-corrected chi connectivity index (χ2v) is 4.07. The average Bonchev–Trinajstić information content (AvgIpc) is 2.66. The Morgan fingerprint density at radius 2 is 1.91 bits per heavy atom. The Bertz CT molecular complexity index is 170. The van der Waals surface area contributed by atoms with Crippen molar-refractivity contribution in [3.8, 4) is 0 Å². The third kappa shape index (κ3) is 1.55. The van der Waals surface area contributed by atoms with E-state index in [-0.39, 0.29) is 5.92 Å². The van der Waals surface area contributed by atoms with Crippen molar-refractivity contribution in [3.05, 3.63) is 0 Å². The highest BCUT2D eigenvalue weighted by Gasteiger charge is 2.45. The van der Waals surface area contributed by atoms with E-state index >= 15 is 0 Å². The Morgan fingerprint density at radius 3 is 2.18 bits per heavy atom. The molecule has 1 aliphatic carbocycles. The van der Waals surface area contributed by atoms with Gasteiger partial charge in [0.1, 0.15) is 0 Å². The second kappa shape index (κ2) is 2.50. The molecule has 1 N–H and O–H groups in total. The van der Waals surface area contributed by atoms with Crippen LogP contribution in [0, 0.1) is 17.3 Å². The van der Waals surface area contributed by atoms with Crippen LogP contribution in [0.4, 0.5) is 0 Å². The van der Waals surface area contributed by atoms with Gasteiger partial charge in [-0.1, -0.05) is 20.8 Å². The predicted octanol–water partition coefficient (Wildman–Crippen LogP) is 2.14. The summed E-state index contributed by atoms with van der Waals surface area (Å²) in [5, 5.41) is 8.74. The van der Waals surface area contributed by atoms with Crippen molar-refractivity contribution in [2.75, 3.05) is 0 Å². The minimum absolute atomic E-state index is 0.192. The van der Waals surface area contributed by atoms with Crippen LogP contribution in [0.3, 0.4) is 0 Å². The van der Waals surface area contributed by atoms with E-state index in [1.807, 2.05) is 6.92 Å². The first-order valence-corrected chi connectivity index (χ1v) is 4.20. The molecule has 0 aliphatic heterocycles. The third-order valence-electron chi connectivity index (χ3n) is 3.28. The Kier molecular flexibility index (Phi) is 1.95. The van der Waals surface area contributed by atoms with Gasteiger partial charge in [-0.15, -0.1) is 0 Å². The summed E-state index contributed by atoms with van der Waals surface area (Å²) < 4.78 is 0. The minimum Gasteiger partial charge on any atom is -0.481 e. The zero-order valence-electron chi connectivity index (χ0n) is 7.42. The largest absolute Gasteiger partial charge is 0.481 e. The molecule has 2 atom stereocenters. The van der Waals surface area contributed by atoms with Gasteiger partial charge in [-0.2, -0.15) is 0 Å². The van der Waals surface area contributed by atoms with Crippen LogP contribution in [0.2, 0.25) is 0 Å². The van der Waals surface area contributed by atoms with E-state index in [0.717, 1.165) is 0 Å². The van der Waals surface area contributed by atoms with Gasteiger partial charge >= 0.3 is 5.97 Å². The van der Waals surface area contributed by atoms with Crippen LogP contribution in [0.25, 0.3) is 0 Å². The molecule has 0 heterocycles. The van der Waals surface area contributed by atoms with Crippen molar-refractivity contribution in [2.45, 2.75) is 33.6 Å². The summed E-state index contributed by atoms with van der Waals surface area (Å²) in [6.07, 6.45) is 2.40. The van der Waals surface area contributed by atoms with Crippen LogP contribution < -0.4 is 0 Å². The minimum atomic E-state index is -0.661. The van der Waals surface area contributed by atoms with Gasteiger partial charge in [0.2, 0.25) is 0 Å². The van der Waals surface area contributed by atoms with Gasteiger partial charge in [-0.3, -0.25) is 4.79 Å². The smallest absolute Gasteiger partial charge is 0.306 e. The monoisotopic (exact) mass is 156 g/mol. The lowest BCUT2D eigenvalue weighted by Gasteiger charge is -2.22. The first kappa shape index (κ1) is 8.57. The van der Waals surface area contributed by atoms with E-state index in [9.17, 15) is 4.79 Å². The lowest BCUT2D eigenvalue weighted by atomic mass is 9.83. The summed E-state index contributed by atoms with van der Waals surface area (Å²) in [4.78, 5) is 10.6. The van der Waals surface area contributed by atoms with Gasteiger partial charge in [0.05, 0.1) is 5.92 Å². The van der Waals surface area contributed by atoms with E-state index in [4.69, 9.17) is 5.11 Å². The molecule has 11 heavy (non-hydrogen) atoms. The standard InChI is InChI=1S/C9H16O2/c1-6(8(10)11)7(2)9(3)4-5-9/h6-7H,4-5H2,1-3H3,(H,10,11). The molecule has 2 heteroatoms. The molecule has 64 valence electrons. The maximum Gasteiger partial charge on any atom is 0.306 e. The van der Waals surface area contributed by atoms with Crippen molar-refractivity contribution >= 4 is 5.97 Å². The van der Waals surface area contributed by atoms with Crippen LogP contribution >= 0.6 is 0 Å². The summed E-state index contributed by atoms with van der Waals surface area (Å²) >= 11 is 0. The molecule has 1 fully saturated rings. The van der Waals surface area contributed by atoms with E-state index < -0.39 is 5.97 Å². The lowest BCUT2D eigenvalue weighted by molar-refractivity contribution is -0.143. The van der Waals surface area contributed by atoms with E-state index in [0.29, 0.717) is 11.3 Å². The molecule has 0 radical (unpaired) electrons. The summed E-state index contributed by atoms with van der Waals surface area (Å²) in [5.74, 6) is -0.534. The molecule has 0 aromatic carbocycles. The Labute approximate surface area is 67.6 Å². The molecular weight excluding hydrogens is 140 g/mol. The molecule has 0 saturated heterocycles. The van der Waals surface area contributed by atoms with Crippen LogP contribution in [0.1, 0.15) is 33.6 Å². The Hall–Kier alpha value is -0.530. The van der Waals surface area contributed by atoms with Crippen LogP contribution in [0.15, 0.2) is 0 Å². The highest BCUT2D eigenvalue weighted by atomic mass is 16.4. The number of aliphatic carboxylic acids is 1. The van der Waals surface area contributed by atoms with Gasteiger partial charge in [0.25, 0.3) is 0 Å². The lowest BCUT2D eigenvalue weighted by Crippen LogP contribution is -2.24. The maximum atomic E-state index is 10.6. The fourth-order valence-corrected chi connectivity index (χ4v) is 1.47. The fraction of sp³-hybridized carbons (Fsp3) is 0.889. The molecule has 0 aromatic heterocycles. The van der Waals surface area contributed by atoms with E-state index in [1.54, 1.807) is 6.92 Å². The van der Waals surface area contributed by atoms with E-state index in [1.165, 1.54) is 12.8 Å². The normalized spacial score (nSPS) is 25.7. The quantitative estimate of drug-likeness (QED) is 0.679. The molecule has 2 nitrogen and oxygen atoms in total. The molecule has 0 aromatic rings. The second-order valence-electron chi connectivity index (χ2n) is 4.07. The predicted molar refractivity (Wildman–Crippen MR) is 43.3 cm³/mol. The zero-order valence-corrected chi connectivity index (χ0v) is 7.42. The molecular formula is C9H16O2. The van der Waals surface area contributed by atoms with Gasteiger partial charge in [0.15, 0.2) is 0 Å². The number of carbonyl (C=O) groups is 1. The number of carboxylic acids is 1. The molecule has 0 amide bonds. The summed E-state index contributed by atoms with van der Waals surface area (Å²) in [7, 11) is 0. The molecule has 2 unspecified atom stereocenters. The third-order valence-corrected chi connectivity index (χ3v) is 3.28. The van der Waals surface area contributed by atoms with Gasteiger partial charge in [0, 0.05) is 0 Å². The van der Waals surface area contributed by atoms with Gasteiger partial charge < -0.3 is 5.11 Å². The molecule has 1 aliphatic rings. The van der Waals surface area contributed by atoms with Crippen molar-refractivity contribution < 1.29 is 9.90 Å². The number of carboxylic acid groups (broad SMARTS) is 1. The summed E-state index contributed by atoms with van der Waals surface area (Å²) in [5.41, 5.74) is 0.331. The van der Waals surface area contributed by atoms with Crippen LogP contribution in [-0.4, -0.2) is 11.1 Å². The van der Waals surface area contributed by atoms with Gasteiger partial charge in [-0.05, 0) is 24.2 Å². The molecule has 1 rings (SSSR count). The zero-order chi connectivity index (χ0) is 8.65. The first-order valence-electron chi connectivity index (χ1n) is 4.20. The summed E-state index contributed by atoms with van der Waals surface area (Å²) in [6, 6.07) is 0. The SMILES string of the molecule is CC(C(=O)O)C(C)C1(C)CC1.